The molecule has 8 nitrogen and oxygen atoms in total. The number of anilines is 1. The summed E-state index contributed by atoms with van der Waals surface area (Å²) in [6.45, 7) is 0. The minimum atomic E-state index is -0.992. The van der Waals surface area contributed by atoms with Crippen molar-refractivity contribution in [3.63, 3.8) is 0 Å². The van der Waals surface area contributed by atoms with Crippen LogP contribution in [-0.2, 0) is 19.2 Å². The van der Waals surface area contributed by atoms with Gasteiger partial charge in [0.2, 0.25) is 17.7 Å². The normalized spacial score (nSPS) is 19.2. The molecular formula is C18H23N3O5. The summed E-state index contributed by atoms with van der Waals surface area (Å²) >= 11 is 0. The van der Waals surface area contributed by atoms with Crippen molar-refractivity contribution in [1.82, 2.24) is 10.9 Å². The van der Waals surface area contributed by atoms with Crippen LogP contribution >= 0.6 is 0 Å². The van der Waals surface area contributed by atoms with E-state index in [1.165, 1.54) is 0 Å². The topological polar surface area (TPSA) is 125 Å². The quantitative estimate of drug-likeness (QED) is 0.571. The number of amides is 3. The van der Waals surface area contributed by atoms with Crippen LogP contribution in [0.3, 0.4) is 0 Å². The van der Waals surface area contributed by atoms with Gasteiger partial charge in [0, 0.05) is 18.5 Å². The van der Waals surface area contributed by atoms with Crippen LogP contribution in [0.25, 0.3) is 0 Å². The maximum Gasteiger partial charge on any atom is 0.307 e. The first kappa shape index (κ1) is 19.4. The smallest absolute Gasteiger partial charge is 0.307 e. The summed E-state index contributed by atoms with van der Waals surface area (Å²) in [6.07, 6.45) is 2.39. The number of rotatable bonds is 6. The number of nitrogens with one attached hydrogen (secondary N) is 3. The van der Waals surface area contributed by atoms with Gasteiger partial charge in [0.05, 0.1) is 11.8 Å². The molecule has 140 valence electrons. The summed E-state index contributed by atoms with van der Waals surface area (Å²) in [4.78, 5) is 46.9. The van der Waals surface area contributed by atoms with Gasteiger partial charge in [-0.2, -0.15) is 0 Å². The van der Waals surface area contributed by atoms with Gasteiger partial charge >= 0.3 is 5.97 Å². The number of carboxylic acids is 1. The zero-order valence-electron chi connectivity index (χ0n) is 14.4. The number of hydrogen-bond acceptors (Lipinski definition) is 4. The first-order valence-electron chi connectivity index (χ1n) is 8.64. The number of benzene rings is 1. The molecule has 4 N–H and O–H groups in total. The van der Waals surface area contributed by atoms with Crippen LogP contribution in [0.4, 0.5) is 5.69 Å². The van der Waals surface area contributed by atoms with Gasteiger partial charge in [-0.15, -0.1) is 0 Å². The number of hydrogen-bond donors (Lipinski definition) is 4. The summed E-state index contributed by atoms with van der Waals surface area (Å²) in [7, 11) is 0. The third-order valence-electron chi connectivity index (χ3n) is 4.38. The number of carbonyl (C=O) groups excluding carboxylic acids is 3. The number of hydrazine groups is 1. The Labute approximate surface area is 151 Å². The van der Waals surface area contributed by atoms with Crippen LogP contribution in [0.1, 0.15) is 38.5 Å². The molecule has 1 saturated carbocycles. The van der Waals surface area contributed by atoms with Gasteiger partial charge in [-0.05, 0) is 25.0 Å². The van der Waals surface area contributed by atoms with Crippen LogP contribution in [-0.4, -0.2) is 28.8 Å². The lowest BCUT2D eigenvalue weighted by Crippen LogP contribution is -2.48. The Balaban J connectivity index is 1.71. The van der Waals surface area contributed by atoms with E-state index >= 15 is 0 Å². The Hall–Kier alpha value is -2.90. The van der Waals surface area contributed by atoms with Crippen molar-refractivity contribution < 1.29 is 24.3 Å². The van der Waals surface area contributed by atoms with Gasteiger partial charge in [-0.1, -0.05) is 31.0 Å². The molecule has 2 atom stereocenters. The summed E-state index contributed by atoms with van der Waals surface area (Å²) in [5, 5.41) is 11.9. The summed E-state index contributed by atoms with van der Waals surface area (Å²) < 4.78 is 0. The lowest BCUT2D eigenvalue weighted by atomic mass is 9.79. The molecule has 0 saturated heterocycles. The van der Waals surface area contributed by atoms with E-state index in [0.717, 1.165) is 12.8 Å². The fourth-order valence-corrected chi connectivity index (χ4v) is 3.00. The minimum absolute atomic E-state index is 0.0300. The summed E-state index contributed by atoms with van der Waals surface area (Å²) in [5.41, 5.74) is 5.17. The van der Waals surface area contributed by atoms with E-state index in [1.807, 2.05) is 6.07 Å². The maximum absolute atomic E-state index is 12.1. The molecular weight excluding hydrogens is 338 g/mol. The number of para-hydroxylation sites is 1. The van der Waals surface area contributed by atoms with Crippen LogP contribution in [0.5, 0.6) is 0 Å². The van der Waals surface area contributed by atoms with E-state index in [2.05, 4.69) is 16.2 Å². The minimum Gasteiger partial charge on any atom is -0.481 e. The van der Waals surface area contributed by atoms with Crippen LogP contribution in [0, 0.1) is 11.8 Å². The van der Waals surface area contributed by atoms with Gasteiger partial charge in [0.15, 0.2) is 0 Å². The Kier molecular flexibility index (Phi) is 7.13. The molecule has 1 aromatic carbocycles. The van der Waals surface area contributed by atoms with Crippen molar-refractivity contribution in [3.05, 3.63) is 30.3 Å². The van der Waals surface area contributed by atoms with Crippen LogP contribution in [0.2, 0.25) is 0 Å². The summed E-state index contributed by atoms with van der Waals surface area (Å²) in [6, 6.07) is 8.87. The molecule has 0 heterocycles. The molecule has 0 spiro atoms. The van der Waals surface area contributed by atoms with Crippen molar-refractivity contribution in [3.8, 4) is 0 Å². The lowest BCUT2D eigenvalue weighted by molar-refractivity contribution is -0.149. The molecule has 2 rings (SSSR count). The van der Waals surface area contributed by atoms with E-state index in [0.29, 0.717) is 18.5 Å². The first-order valence-corrected chi connectivity index (χ1v) is 8.64. The molecule has 3 amide bonds. The standard InChI is InChI=1S/C18H23N3O5/c22-15(19-12-6-2-1-3-7-12)10-11-16(23)20-21-17(24)13-8-4-5-9-14(13)18(25)26/h1-3,6-7,13-14H,4-5,8-11H2,(H,19,22)(H,20,23)(H,21,24)(H,25,26). The van der Waals surface area contributed by atoms with Crippen LogP contribution in [0.15, 0.2) is 30.3 Å². The highest BCUT2D eigenvalue weighted by atomic mass is 16.4. The molecule has 1 aliphatic rings. The van der Waals surface area contributed by atoms with Gasteiger partial charge < -0.3 is 10.4 Å². The van der Waals surface area contributed by atoms with E-state index in [-0.39, 0.29) is 18.7 Å². The van der Waals surface area contributed by atoms with Crippen molar-refractivity contribution in [2.75, 3.05) is 5.32 Å². The molecule has 1 aliphatic carbocycles. The molecule has 0 radical (unpaired) electrons. The predicted molar refractivity (Wildman–Crippen MR) is 93.7 cm³/mol. The third kappa shape index (κ3) is 5.87. The predicted octanol–water partition coefficient (Wildman–Crippen LogP) is 1.44. The van der Waals surface area contributed by atoms with E-state index in [9.17, 15) is 24.3 Å². The highest BCUT2D eigenvalue weighted by Crippen LogP contribution is 2.30. The molecule has 0 aliphatic heterocycles. The van der Waals surface area contributed by atoms with Crippen molar-refractivity contribution in [2.24, 2.45) is 11.8 Å². The highest BCUT2D eigenvalue weighted by Gasteiger charge is 2.35. The molecule has 1 fully saturated rings. The highest BCUT2D eigenvalue weighted by molar-refractivity contribution is 5.93. The van der Waals surface area contributed by atoms with Crippen LogP contribution < -0.4 is 16.2 Å². The maximum atomic E-state index is 12.1. The largest absolute Gasteiger partial charge is 0.481 e. The van der Waals surface area contributed by atoms with Gasteiger partial charge in [-0.3, -0.25) is 30.0 Å². The molecule has 2 unspecified atom stereocenters. The number of aliphatic carboxylic acids is 1. The Morgan fingerprint density at radius 1 is 0.885 bits per heavy atom. The average molecular weight is 361 g/mol. The molecule has 8 heteroatoms. The van der Waals surface area contributed by atoms with E-state index < -0.39 is 29.6 Å². The first-order chi connectivity index (χ1) is 12.5. The molecule has 1 aromatic rings. The second-order valence-electron chi connectivity index (χ2n) is 6.29. The summed E-state index contributed by atoms with van der Waals surface area (Å²) in [5.74, 6) is -3.69. The Bertz CT molecular complexity index is 662. The Morgan fingerprint density at radius 3 is 2.15 bits per heavy atom. The zero-order chi connectivity index (χ0) is 18.9. The van der Waals surface area contributed by atoms with E-state index in [1.54, 1.807) is 24.3 Å². The SMILES string of the molecule is O=C(CCC(=O)Nc1ccccc1)NNC(=O)C1CCCCC1C(=O)O. The zero-order valence-corrected chi connectivity index (χ0v) is 14.4. The van der Waals surface area contributed by atoms with Gasteiger partial charge in [0.25, 0.3) is 0 Å². The van der Waals surface area contributed by atoms with Crippen molar-refractivity contribution in [2.45, 2.75) is 38.5 Å². The second kappa shape index (κ2) is 9.55. The van der Waals surface area contributed by atoms with E-state index in [4.69, 9.17) is 0 Å². The third-order valence-corrected chi connectivity index (χ3v) is 4.38. The van der Waals surface area contributed by atoms with Gasteiger partial charge in [0.1, 0.15) is 0 Å². The van der Waals surface area contributed by atoms with Crippen molar-refractivity contribution in [1.29, 1.82) is 0 Å². The monoisotopic (exact) mass is 361 g/mol. The number of carboxylic acid groups (broad SMARTS) is 1. The van der Waals surface area contributed by atoms with Crippen molar-refractivity contribution >= 4 is 29.4 Å². The van der Waals surface area contributed by atoms with Gasteiger partial charge in [-0.25, -0.2) is 0 Å². The molecule has 0 aromatic heterocycles. The molecule has 26 heavy (non-hydrogen) atoms. The fraction of sp³-hybridized carbons (Fsp3) is 0.444. The Morgan fingerprint density at radius 2 is 1.50 bits per heavy atom. The average Bonchev–Trinajstić information content (AvgIpc) is 2.65. The molecule has 0 bridgehead atoms. The second-order valence-corrected chi connectivity index (χ2v) is 6.29. The number of carbonyl (C=O) groups is 4. The fourth-order valence-electron chi connectivity index (χ4n) is 3.00. The lowest BCUT2D eigenvalue weighted by Gasteiger charge is -2.27.